The normalized spacial score (nSPS) is 20.8. The van der Waals surface area contributed by atoms with Crippen LogP contribution >= 0.6 is 11.3 Å². The summed E-state index contributed by atoms with van der Waals surface area (Å²) < 4.78 is 0. The van der Waals surface area contributed by atoms with Crippen molar-refractivity contribution in [3.63, 3.8) is 0 Å². The molecule has 0 radical (unpaired) electrons. The van der Waals surface area contributed by atoms with Gasteiger partial charge in [0.2, 0.25) is 11.8 Å². The van der Waals surface area contributed by atoms with Gasteiger partial charge >= 0.3 is 0 Å². The lowest BCUT2D eigenvalue weighted by Crippen LogP contribution is -2.56. The van der Waals surface area contributed by atoms with E-state index >= 15 is 0 Å². The number of nitrogens with zero attached hydrogens (tertiary/aromatic N) is 3. The number of aliphatic hydroxyl groups excluding tert-OH is 1. The molecule has 2 amide bonds. The minimum atomic E-state index is -0.717. The molecule has 9 heteroatoms. The van der Waals surface area contributed by atoms with Gasteiger partial charge in [-0.2, -0.15) is 0 Å². The molecule has 1 saturated heterocycles. The first-order valence-corrected chi connectivity index (χ1v) is 11.7. The van der Waals surface area contributed by atoms with Crippen molar-refractivity contribution in [2.75, 3.05) is 13.6 Å². The number of likely N-dealkylation sites (N-methyl/N-ethyl adjacent to an activating group) is 1. The van der Waals surface area contributed by atoms with Gasteiger partial charge in [0.15, 0.2) is 0 Å². The second kappa shape index (κ2) is 9.64. The molecule has 1 aliphatic rings. The lowest BCUT2D eigenvalue weighted by Gasteiger charge is -2.34. The number of thiazole rings is 1. The second-order valence-electron chi connectivity index (χ2n) is 9.46. The number of hydrogen-bond acceptors (Lipinski definition) is 7. The van der Waals surface area contributed by atoms with Crippen molar-refractivity contribution in [3.05, 3.63) is 35.1 Å². The molecule has 0 saturated carbocycles. The minimum absolute atomic E-state index is 0.157. The summed E-state index contributed by atoms with van der Waals surface area (Å²) in [5.41, 5.74) is 4.13. The van der Waals surface area contributed by atoms with Crippen LogP contribution in [-0.4, -0.2) is 63.6 Å². The molecule has 0 bridgehead atoms. The first-order chi connectivity index (χ1) is 15.0. The Bertz CT molecular complexity index is 953. The SMILES string of the molecule is CN[C@H](C(=O)N1C[C@H](O)C[C@H]1C(=O)N[C@@H](C)c1ccc(-c2scnc2C)nc1)C(C)(C)C. The standard InChI is InChI=1S/C23H33N5O3S/c1-13(15-7-8-17(25-10-15)19-14(2)26-12-32-19)27-21(30)18-9-16(29)11-28(18)22(31)20(24-6)23(3,4)5/h7-8,10,12-13,16,18,20,24,29H,9,11H2,1-6H3,(H,27,30)/t13-,16+,18-,20+/m0/s1. The Hall–Kier alpha value is -2.36. The predicted octanol–water partition coefficient (Wildman–Crippen LogP) is 2.29. The van der Waals surface area contributed by atoms with Gasteiger partial charge in [0.1, 0.15) is 6.04 Å². The first-order valence-electron chi connectivity index (χ1n) is 10.9. The number of carbonyl (C=O) groups is 2. The third-order valence-electron chi connectivity index (χ3n) is 5.89. The molecule has 0 unspecified atom stereocenters. The molecule has 0 aromatic carbocycles. The van der Waals surface area contributed by atoms with Gasteiger partial charge in [-0.25, -0.2) is 4.98 Å². The van der Waals surface area contributed by atoms with Crippen molar-refractivity contribution in [1.29, 1.82) is 0 Å². The number of amides is 2. The van der Waals surface area contributed by atoms with Crippen molar-refractivity contribution in [3.8, 4) is 10.6 Å². The van der Waals surface area contributed by atoms with Crippen LogP contribution in [0.3, 0.4) is 0 Å². The van der Waals surface area contributed by atoms with Crippen LogP contribution in [0.5, 0.6) is 0 Å². The topological polar surface area (TPSA) is 107 Å². The van der Waals surface area contributed by atoms with E-state index in [0.717, 1.165) is 21.8 Å². The number of β-amino-alcohol motifs (C(OH)–C–C–N with tert-alkyl or cyclic N) is 1. The molecular weight excluding hydrogens is 426 g/mol. The maximum Gasteiger partial charge on any atom is 0.243 e. The smallest absolute Gasteiger partial charge is 0.243 e. The third-order valence-corrected chi connectivity index (χ3v) is 6.84. The number of pyridine rings is 1. The quantitative estimate of drug-likeness (QED) is 0.612. The van der Waals surface area contributed by atoms with E-state index in [1.165, 1.54) is 4.90 Å². The first kappa shape index (κ1) is 24.3. The summed E-state index contributed by atoms with van der Waals surface area (Å²) in [7, 11) is 1.74. The van der Waals surface area contributed by atoms with Crippen LogP contribution in [0.2, 0.25) is 0 Å². The number of likely N-dealkylation sites (tertiary alicyclic amines) is 1. The molecule has 3 heterocycles. The molecule has 2 aromatic heterocycles. The molecule has 32 heavy (non-hydrogen) atoms. The molecule has 2 aromatic rings. The predicted molar refractivity (Wildman–Crippen MR) is 125 cm³/mol. The summed E-state index contributed by atoms with van der Waals surface area (Å²) in [6.45, 7) is 9.91. The molecule has 8 nitrogen and oxygen atoms in total. The lowest BCUT2D eigenvalue weighted by molar-refractivity contribution is -0.142. The summed E-state index contributed by atoms with van der Waals surface area (Å²) in [6.07, 6.45) is 1.26. The summed E-state index contributed by atoms with van der Waals surface area (Å²) in [6, 6.07) is 2.42. The zero-order chi connectivity index (χ0) is 23.6. The van der Waals surface area contributed by atoms with Crippen LogP contribution in [0.1, 0.15) is 51.4 Å². The fourth-order valence-corrected chi connectivity index (χ4v) is 4.92. The highest BCUT2D eigenvalue weighted by Crippen LogP contribution is 2.28. The van der Waals surface area contributed by atoms with E-state index in [9.17, 15) is 14.7 Å². The van der Waals surface area contributed by atoms with Gasteiger partial charge in [-0.1, -0.05) is 26.8 Å². The van der Waals surface area contributed by atoms with E-state index in [4.69, 9.17) is 0 Å². The summed E-state index contributed by atoms with van der Waals surface area (Å²) in [5.74, 6) is -0.441. The number of aliphatic hydroxyl groups is 1. The monoisotopic (exact) mass is 459 g/mol. The highest BCUT2D eigenvalue weighted by atomic mass is 32.1. The van der Waals surface area contributed by atoms with Crippen molar-refractivity contribution < 1.29 is 14.7 Å². The number of nitrogens with one attached hydrogen (secondary N) is 2. The number of carbonyl (C=O) groups excluding carboxylic acids is 2. The zero-order valence-electron chi connectivity index (χ0n) is 19.5. The van der Waals surface area contributed by atoms with Crippen molar-refractivity contribution >= 4 is 23.2 Å². The average Bonchev–Trinajstić information content (AvgIpc) is 3.33. The Balaban J connectivity index is 1.70. The molecule has 3 rings (SSSR count). The zero-order valence-corrected chi connectivity index (χ0v) is 20.4. The number of aryl methyl sites for hydroxylation is 1. The molecule has 0 spiro atoms. The van der Waals surface area contributed by atoms with E-state index in [1.54, 1.807) is 30.1 Å². The fraction of sp³-hybridized carbons (Fsp3) is 0.565. The average molecular weight is 460 g/mol. The van der Waals surface area contributed by atoms with Crippen molar-refractivity contribution in [1.82, 2.24) is 25.5 Å². The molecule has 1 aliphatic heterocycles. The molecule has 174 valence electrons. The van der Waals surface area contributed by atoms with E-state index in [2.05, 4.69) is 20.6 Å². The molecular formula is C23H33N5O3S. The largest absolute Gasteiger partial charge is 0.391 e. The van der Waals surface area contributed by atoms with E-state index in [-0.39, 0.29) is 36.2 Å². The molecule has 3 N–H and O–H groups in total. The van der Waals surface area contributed by atoms with Crippen LogP contribution in [-0.2, 0) is 9.59 Å². The molecule has 4 atom stereocenters. The Morgan fingerprint density at radius 2 is 2.00 bits per heavy atom. The van der Waals surface area contributed by atoms with Gasteiger partial charge in [0.25, 0.3) is 0 Å². The van der Waals surface area contributed by atoms with Gasteiger partial charge in [-0.3, -0.25) is 14.6 Å². The van der Waals surface area contributed by atoms with Crippen LogP contribution in [0.15, 0.2) is 23.8 Å². The number of hydrogen-bond donors (Lipinski definition) is 3. The maximum atomic E-state index is 13.2. The van der Waals surface area contributed by atoms with Crippen molar-refractivity contribution in [2.45, 2.75) is 65.3 Å². The van der Waals surface area contributed by atoms with Gasteiger partial charge < -0.3 is 20.6 Å². The van der Waals surface area contributed by atoms with Crippen LogP contribution < -0.4 is 10.6 Å². The molecule has 1 fully saturated rings. The second-order valence-corrected chi connectivity index (χ2v) is 10.3. The maximum absolute atomic E-state index is 13.2. The van der Waals surface area contributed by atoms with Gasteiger partial charge in [0, 0.05) is 19.2 Å². The van der Waals surface area contributed by atoms with Crippen LogP contribution in [0.25, 0.3) is 10.6 Å². The molecule has 0 aliphatic carbocycles. The third kappa shape index (κ3) is 5.16. The van der Waals surface area contributed by atoms with Crippen LogP contribution in [0.4, 0.5) is 0 Å². The van der Waals surface area contributed by atoms with Crippen LogP contribution in [0, 0.1) is 12.3 Å². The van der Waals surface area contributed by atoms with E-state index in [1.807, 2.05) is 46.8 Å². The Morgan fingerprint density at radius 3 is 2.53 bits per heavy atom. The number of rotatable bonds is 6. The highest BCUT2D eigenvalue weighted by Gasteiger charge is 2.43. The Kier molecular flexibility index (Phi) is 7.32. The summed E-state index contributed by atoms with van der Waals surface area (Å²) in [5, 5.41) is 16.3. The Morgan fingerprint density at radius 1 is 1.28 bits per heavy atom. The van der Waals surface area contributed by atoms with Crippen molar-refractivity contribution in [2.24, 2.45) is 5.41 Å². The van der Waals surface area contributed by atoms with E-state index < -0.39 is 18.2 Å². The minimum Gasteiger partial charge on any atom is -0.391 e. The summed E-state index contributed by atoms with van der Waals surface area (Å²) >= 11 is 1.54. The fourth-order valence-electron chi connectivity index (χ4n) is 4.14. The number of aromatic nitrogens is 2. The lowest BCUT2D eigenvalue weighted by atomic mass is 9.86. The summed E-state index contributed by atoms with van der Waals surface area (Å²) in [4.78, 5) is 37.6. The van der Waals surface area contributed by atoms with Gasteiger partial charge in [-0.15, -0.1) is 11.3 Å². The highest BCUT2D eigenvalue weighted by molar-refractivity contribution is 7.13. The Labute approximate surface area is 193 Å². The van der Waals surface area contributed by atoms with E-state index in [0.29, 0.717) is 0 Å². The van der Waals surface area contributed by atoms with Gasteiger partial charge in [0.05, 0.1) is 40.0 Å². The van der Waals surface area contributed by atoms with Gasteiger partial charge in [-0.05, 0) is 37.9 Å².